The molecule has 0 saturated carbocycles. The molecule has 0 N–H and O–H groups in total. The molecule has 2 heteroatoms. The van der Waals surface area contributed by atoms with Gasteiger partial charge in [-0.15, -0.1) is 0 Å². The molecular weight excluding hydrogens is 188 g/mol. The van der Waals surface area contributed by atoms with Crippen molar-refractivity contribution in [2.45, 2.75) is 52.4 Å². The van der Waals surface area contributed by atoms with Gasteiger partial charge < -0.3 is 4.42 Å². The van der Waals surface area contributed by atoms with E-state index in [1.165, 1.54) is 12.8 Å². The average Bonchev–Trinajstić information content (AvgIpc) is 2.72. The first-order valence-corrected chi connectivity index (χ1v) is 5.89. The molecule has 0 bridgehead atoms. The van der Waals surface area contributed by atoms with Crippen molar-refractivity contribution in [2.24, 2.45) is 0 Å². The van der Waals surface area contributed by atoms with Gasteiger partial charge in [-0.05, 0) is 18.6 Å². The second kappa shape index (κ2) is 6.44. The van der Waals surface area contributed by atoms with Crippen LogP contribution in [0.15, 0.2) is 16.5 Å². The second-order valence-corrected chi connectivity index (χ2v) is 3.85. The molecule has 0 aliphatic heterocycles. The fourth-order valence-electron chi connectivity index (χ4n) is 1.55. The van der Waals surface area contributed by atoms with Gasteiger partial charge in [-0.3, -0.25) is 4.79 Å². The summed E-state index contributed by atoms with van der Waals surface area (Å²) in [5.74, 6) is 1.57. The van der Waals surface area contributed by atoms with Crippen molar-refractivity contribution in [1.29, 1.82) is 0 Å². The van der Waals surface area contributed by atoms with Crippen LogP contribution in [-0.4, -0.2) is 5.78 Å². The van der Waals surface area contributed by atoms with Gasteiger partial charge in [0.05, 0.1) is 0 Å². The van der Waals surface area contributed by atoms with E-state index in [9.17, 15) is 4.79 Å². The van der Waals surface area contributed by atoms with Crippen LogP contribution in [0.3, 0.4) is 0 Å². The van der Waals surface area contributed by atoms with Crippen LogP contribution in [0.2, 0.25) is 0 Å². The number of Topliss-reactive ketones (excluding diaryl/α,β-unsaturated/α-hetero) is 1. The molecule has 15 heavy (non-hydrogen) atoms. The third-order valence-corrected chi connectivity index (χ3v) is 2.54. The molecule has 0 aliphatic carbocycles. The van der Waals surface area contributed by atoms with E-state index in [2.05, 4.69) is 6.92 Å². The smallest absolute Gasteiger partial charge is 0.197 e. The zero-order valence-electron chi connectivity index (χ0n) is 9.71. The van der Waals surface area contributed by atoms with E-state index in [0.717, 1.165) is 25.0 Å². The number of aryl methyl sites for hydroxylation is 1. The van der Waals surface area contributed by atoms with E-state index in [1.807, 2.05) is 13.0 Å². The van der Waals surface area contributed by atoms with Crippen LogP contribution in [-0.2, 0) is 6.42 Å². The number of carbonyl (C=O) groups excluding carboxylic acids is 1. The van der Waals surface area contributed by atoms with Gasteiger partial charge in [0.25, 0.3) is 0 Å². The standard InChI is InChI=1S/C13H20O2/c1-3-5-6-7-8-12(14)13-10-9-11(4-2)15-13/h9-10H,3-8H2,1-2H3. The minimum Gasteiger partial charge on any atom is -0.458 e. The van der Waals surface area contributed by atoms with Crippen molar-refractivity contribution in [3.05, 3.63) is 23.7 Å². The molecule has 84 valence electrons. The van der Waals surface area contributed by atoms with Crippen molar-refractivity contribution in [2.75, 3.05) is 0 Å². The van der Waals surface area contributed by atoms with E-state index >= 15 is 0 Å². The summed E-state index contributed by atoms with van der Waals surface area (Å²) in [4.78, 5) is 11.6. The molecule has 0 amide bonds. The van der Waals surface area contributed by atoms with Crippen LogP contribution < -0.4 is 0 Å². The molecule has 1 aromatic rings. The Labute approximate surface area is 91.7 Å². The van der Waals surface area contributed by atoms with Gasteiger partial charge >= 0.3 is 0 Å². The lowest BCUT2D eigenvalue weighted by molar-refractivity contribution is 0.0950. The molecule has 0 atom stereocenters. The Hall–Kier alpha value is -1.05. The van der Waals surface area contributed by atoms with E-state index in [4.69, 9.17) is 4.42 Å². The average molecular weight is 208 g/mol. The summed E-state index contributed by atoms with van der Waals surface area (Å²) < 4.78 is 5.40. The third kappa shape index (κ3) is 3.90. The van der Waals surface area contributed by atoms with Crippen molar-refractivity contribution < 1.29 is 9.21 Å². The molecular formula is C13H20O2. The van der Waals surface area contributed by atoms with Crippen LogP contribution in [0, 0.1) is 0 Å². The lowest BCUT2D eigenvalue weighted by atomic mass is 10.1. The molecule has 0 radical (unpaired) electrons. The molecule has 0 spiro atoms. The Kier molecular flexibility index (Phi) is 5.16. The number of rotatable bonds is 7. The number of hydrogen-bond acceptors (Lipinski definition) is 2. The Morgan fingerprint density at radius 2 is 2.00 bits per heavy atom. The second-order valence-electron chi connectivity index (χ2n) is 3.85. The zero-order chi connectivity index (χ0) is 11.1. The fraction of sp³-hybridized carbons (Fsp3) is 0.615. The van der Waals surface area contributed by atoms with Crippen molar-refractivity contribution in [3.8, 4) is 0 Å². The Morgan fingerprint density at radius 3 is 2.60 bits per heavy atom. The van der Waals surface area contributed by atoms with Crippen molar-refractivity contribution >= 4 is 5.78 Å². The summed E-state index contributed by atoms with van der Waals surface area (Å²) in [5, 5.41) is 0. The predicted octanol–water partition coefficient (Wildman–Crippen LogP) is 4.00. The van der Waals surface area contributed by atoms with Gasteiger partial charge in [0.2, 0.25) is 0 Å². The molecule has 1 aromatic heterocycles. The SMILES string of the molecule is CCCCCCC(=O)c1ccc(CC)o1. The third-order valence-electron chi connectivity index (χ3n) is 2.54. The molecule has 0 fully saturated rings. The number of hydrogen-bond donors (Lipinski definition) is 0. The van der Waals surface area contributed by atoms with Gasteiger partial charge in [-0.2, -0.15) is 0 Å². The molecule has 0 aromatic carbocycles. The lowest BCUT2D eigenvalue weighted by Crippen LogP contribution is -1.96. The molecule has 0 unspecified atom stereocenters. The number of carbonyl (C=O) groups is 1. The predicted molar refractivity (Wildman–Crippen MR) is 61.2 cm³/mol. The van der Waals surface area contributed by atoms with Crippen LogP contribution in [0.25, 0.3) is 0 Å². The molecule has 1 heterocycles. The Balaban J connectivity index is 2.33. The maximum absolute atomic E-state index is 11.6. The van der Waals surface area contributed by atoms with Crippen molar-refractivity contribution in [3.63, 3.8) is 0 Å². The maximum Gasteiger partial charge on any atom is 0.197 e. The summed E-state index contributed by atoms with van der Waals surface area (Å²) in [6, 6.07) is 3.68. The topological polar surface area (TPSA) is 30.2 Å². The molecule has 2 nitrogen and oxygen atoms in total. The fourth-order valence-corrected chi connectivity index (χ4v) is 1.55. The highest BCUT2D eigenvalue weighted by atomic mass is 16.3. The van der Waals surface area contributed by atoms with Crippen molar-refractivity contribution in [1.82, 2.24) is 0 Å². The van der Waals surface area contributed by atoms with E-state index in [0.29, 0.717) is 12.2 Å². The first kappa shape index (κ1) is 12.0. The summed E-state index contributed by atoms with van der Waals surface area (Å²) in [6.45, 7) is 4.19. The highest BCUT2D eigenvalue weighted by Crippen LogP contribution is 2.13. The number of unbranched alkanes of at least 4 members (excludes halogenated alkanes) is 3. The largest absolute Gasteiger partial charge is 0.458 e. The summed E-state index contributed by atoms with van der Waals surface area (Å²) in [7, 11) is 0. The highest BCUT2D eigenvalue weighted by Gasteiger charge is 2.09. The molecule has 1 rings (SSSR count). The highest BCUT2D eigenvalue weighted by molar-refractivity contribution is 5.93. The molecule has 0 saturated heterocycles. The minimum absolute atomic E-state index is 0.144. The van der Waals surface area contributed by atoms with Gasteiger partial charge in [0, 0.05) is 12.8 Å². The van der Waals surface area contributed by atoms with Crippen LogP contribution in [0.1, 0.15) is 62.3 Å². The summed E-state index contributed by atoms with van der Waals surface area (Å²) in [6.07, 6.45) is 6.01. The van der Waals surface area contributed by atoms with E-state index in [-0.39, 0.29) is 5.78 Å². The van der Waals surface area contributed by atoms with Crippen LogP contribution >= 0.6 is 0 Å². The van der Waals surface area contributed by atoms with Crippen LogP contribution in [0.5, 0.6) is 0 Å². The zero-order valence-corrected chi connectivity index (χ0v) is 9.71. The molecule has 0 aliphatic rings. The van der Waals surface area contributed by atoms with Gasteiger partial charge in [-0.25, -0.2) is 0 Å². The maximum atomic E-state index is 11.6. The lowest BCUT2D eigenvalue weighted by Gasteiger charge is -1.97. The Morgan fingerprint density at radius 1 is 1.20 bits per heavy atom. The summed E-state index contributed by atoms with van der Waals surface area (Å²) >= 11 is 0. The minimum atomic E-state index is 0.144. The normalized spacial score (nSPS) is 10.5. The Bertz CT molecular complexity index is 299. The first-order chi connectivity index (χ1) is 7.27. The van der Waals surface area contributed by atoms with E-state index in [1.54, 1.807) is 6.07 Å². The van der Waals surface area contributed by atoms with Gasteiger partial charge in [0.1, 0.15) is 5.76 Å². The van der Waals surface area contributed by atoms with E-state index < -0.39 is 0 Å². The van der Waals surface area contributed by atoms with Gasteiger partial charge in [-0.1, -0.05) is 33.1 Å². The summed E-state index contributed by atoms with van der Waals surface area (Å²) in [5.41, 5.74) is 0. The van der Waals surface area contributed by atoms with Crippen LogP contribution in [0.4, 0.5) is 0 Å². The number of ketones is 1. The first-order valence-electron chi connectivity index (χ1n) is 5.89. The monoisotopic (exact) mass is 208 g/mol. The number of furan rings is 1. The quantitative estimate of drug-likeness (QED) is 0.501. The van der Waals surface area contributed by atoms with Gasteiger partial charge in [0.15, 0.2) is 11.5 Å².